The van der Waals surface area contributed by atoms with Crippen molar-refractivity contribution in [3.05, 3.63) is 47.5 Å². The van der Waals surface area contributed by atoms with Crippen molar-refractivity contribution < 1.29 is 29.3 Å². The molecule has 7 nitrogen and oxygen atoms in total. The summed E-state index contributed by atoms with van der Waals surface area (Å²) in [5, 5.41) is 19.3. The van der Waals surface area contributed by atoms with Crippen LogP contribution >= 0.6 is 0 Å². The van der Waals surface area contributed by atoms with Gasteiger partial charge in [0.15, 0.2) is 0 Å². The second-order valence-corrected chi connectivity index (χ2v) is 9.44. The molecule has 3 aliphatic rings. The molecule has 0 bridgehead atoms. The van der Waals surface area contributed by atoms with Gasteiger partial charge in [0.05, 0.1) is 7.11 Å². The maximum absolute atomic E-state index is 12.6. The molecule has 2 saturated heterocycles. The van der Waals surface area contributed by atoms with Gasteiger partial charge < -0.3 is 24.6 Å². The molecule has 1 aliphatic carbocycles. The van der Waals surface area contributed by atoms with Gasteiger partial charge in [-0.3, -0.25) is 4.79 Å². The average Bonchev–Trinajstić information content (AvgIpc) is 3.24. The molecule has 0 radical (unpaired) electrons. The van der Waals surface area contributed by atoms with E-state index in [4.69, 9.17) is 9.47 Å². The molecule has 0 aromatic heterocycles. The van der Waals surface area contributed by atoms with E-state index < -0.39 is 5.97 Å². The van der Waals surface area contributed by atoms with E-state index in [-0.39, 0.29) is 28.7 Å². The lowest BCUT2D eigenvalue weighted by Crippen LogP contribution is -2.44. The topological polar surface area (TPSA) is 96.3 Å². The van der Waals surface area contributed by atoms with E-state index in [2.05, 4.69) is 12.1 Å². The quantitative estimate of drug-likeness (QED) is 0.712. The first-order valence-corrected chi connectivity index (χ1v) is 11.6. The summed E-state index contributed by atoms with van der Waals surface area (Å²) in [6.07, 6.45) is 4.76. The number of rotatable bonds is 5. The van der Waals surface area contributed by atoms with E-state index in [1.165, 1.54) is 24.8 Å². The number of carboxylic acids is 1. The van der Waals surface area contributed by atoms with Crippen LogP contribution in [0.1, 0.15) is 53.9 Å². The zero-order valence-corrected chi connectivity index (χ0v) is 18.8. The third-order valence-electron chi connectivity index (χ3n) is 7.64. The summed E-state index contributed by atoms with van der Waals surface area (Å²) >= 11 is 0. The molecule has 1 amide bonds. The SMILES string of the molecule is COc1cc(O)c(C(=O)O)cc1-c1ccc([C@H]2CC23CCN(C(=O)C2CCCO2)CC3)cc1. The molecular formula is C26H29NO6. The fourth-order valence-corrected chi connectivity index (χ4v) is 5.55. The molecule has 2 aromatic carbocycles. The average molecular weight is 452 g/mol. The van der Waals surface area contributed by atoms with Crippen molar-refractivity contribution in [1.82, 2.24) is 4.90 Å². The number of hydrogen-bond donors (Lipinski definition) is 2. The molecule has 1 saturated carbocycles. The van der Waals surface area contributed by atoms with Gasteiger partial charge in [0.2, 0.25) is 0 Å². The van der Waals surface area contributed by atoms with E-state index in [1.807, 2.05) is 17.0 Å². The molecule has 2 aliphatic heterocycles. The standard InChI is InChI=1S/C26H29NO6/c1-32-23-14-21(28)19(25(30)31)13-18(23)16-4-6-17(7-5-16)20-15-26(20)8-10-27(11-9-26)24(29)22-3-2-12-33-22/h4-7,13-14,20,22,28H,2-3,8-12,15H2,1H3,(H,30,31)/t20-,22?/m1/s1. The maximum atomic E-state index is 12.6. The second-order valence-electron chi connectivity index (χ2n) is 9.44. The Morgan fingerprint density at radius 1 is 1.15 bits per heavy atom. The predicted molar refractivity (Wildman–Crippen MR) is 122 cm³/mol. The first kappa shape index (κ1) is 21.8. The van der Waals surface area contributed by atoms with Crippen LogP contribution in [0.3, 0.4) is 0 Å². The van der Waals surface area contributed by atoms with Gasteiger partial charge in [0, 0.05) is 31.3 Å². The number of phenols is 1. The highest BCUT2D eigenvalue weighted by molar-refractivity contribution is 5.93. The Morgan fingerprint density at radius 3 is 2.48 bits per heavy atom. The molecule has 7 heteroatoms. The Hall–Kier alpha value is -3.06. The minimum Gasteiger partial charge on any atom is -0.507 e. The number of piperidine rings is 1. The van der Waals surface area contributed by atoms with Crippen LogP contribution in [0.5, 0.6) is 11.5 Å². The lowest BCUT2D eigenvalue weighted by molar-refractivity contribution is -0.142. The normalized spacial score (nSPS) is 23.5. The second kappa shape index (κ2) is 8.37. The molecular weight excluding hydrogens is 422 g/mol. The minimum absolute atomic E-state index is 0.152. The van der Waals surface area contributed by atoms with Crippen molar-refractivity contribution >= 4 is 11.9 Å². The van der Waals surface area contributed by atoms with Crippen LogP contribution in [0.2, 0.25) is 0 Å². The number of nitrogens with zero attached hydrogens (tertiary/aromatic N) is 1. The van der Waals surface area contributed by atoms with Gasteiger partial charge in [-0.2, -0.15) is 0 Å². The van der Waals surface area contributed by atoms with Crippen LogP contribution in [-0.4, -0.2) is 59.9 Å². The van der Waals surface area contributed by atoms with Gasteiger partial charge >= 0.3 is 5.97 Å². The summed E-state index contributed by atoms with van der Waals surface area (Å²) in [7, 11) is 1.50. The summed E-state index contributed by atoms with van der Waals surface area (Å²) in [5.41, 5.74) is 2.87. The molecule has 1 spiro atoms. The van der Waals surface area contributed by atoms with Crippen LogP contribution in [0.25, 0.3) is 11.1 Å². The fourth-order valence-electron chi connectivity index (χ4n) is 5.55. The molecule has 5 rings (SSSR count). The molecule has 2 heterocycles. The van der Waals surface area contributed by atoms with Crippen molar-refractivity contribution in [2.75, 3.05) is 26.8 Å². The number of hydrogen-bond acceptors (Lipinski definition) is 5. The minimum atomic E-state index is -1.18. The lowest BCUT2D eigenvalue weighted by atomic mass is 9.88. The lowest BCUT2D eigenvalue weighted by Gasteiger charge is -2.34. The Labute approximate surface area is 192 Å². The molecule has 2 atom stereocenters. The molecule has 3 fully saturated rings. The number of carbonyl (C=O) groups excluding carboxylic acids is 1. The third kappa shape index (κ3) is 3.95. The highest BCUT2D eigenvalue weighted by Gasteiger charge is 2.55. The zero-order chi connectivity index (χ0) is 23.2. The van der Waals surface area contributed by atoms with Crippen LogP contribution < -0.4 is 4.74 Å². The van der Waals surface area contributed by atoms with E-state index in [0.717, 1.165) is 50.8 Å². The van der Waals surface area contributed by atoms with Crippen molar-refractivity contribution in [3.63, 3.8) is 0 Å². The monoisotopic (exact) mass is 451 g/mol. The Morgan fingerprint density at radius 2 is 1.88 bits per heavy atom. The van der Waals surface area contributed by atoms with E-state index in [1.54, 1.807) is 0 Å². The highest BCUT2D eigenvalue weighted by atomic mass is 16.5. The largest absolute Gasteiger partial charge is 0.507 e. The van der Waals surface area contributed by atoms with Gasteiger partial charge in [-0.15, -0.1) is 0 Å². The van der Waals surface area contributed by atoms with E-state index in [0.29, 0.717) is 23.8 Å². The number of benzene rings is 2. The van der Waals surface area contributed by atoms with E-state index in [9.17, 15) is 19.8 Å². The molecule has 174 valence electrons. The molecule has 1 unspecified atom stereocenters. The van der Waals surface area contributed by atoms with Gasteiger partial charge in [0.1, 0.15) is 23.2 Å². The summed E-state index contributed by atoms with van der Waals surface area (Å²) < 4.78 is 10.9. The summed E-state index contributed by atoms with van der Waals surface area (Å²) in [6, 6.07) is 11.0. The fraction of sp³-hybridized carbons (Fsp3) is 0.462. The van der Waals surface area contributed by atoms with Gasteiger partial charge in [-0.05, 0) is 60.6 Å². The Kier molecular flexibility index (Phi) is 5.52. The van der Waals surface area contributed by atoms with Gasteiger partial charge in [-0.1, -0.05) is 24.3 Å². The van der Waals surface area contributed by atoms with E-state index >= 15 is 0 Å². The Balaban J connectivity index is 1.28. The van der Waals surface area contributed by atoms with Gasteiger partial charge in [0.25, 0.3) is 5.91 Å². The predicted octanol–water partition coefficient (Wildman–Crippen LogP) is 4.04. The molecule has 2 aromatic rings. The maximum Gasteiger partial charge on any atom is 0.339 e. The number of ether oxygens (including phenoxy) is 2. The number of likely N-dealkylation sites (tertiary alicyclic amines) is 1. The smallest absolute Gasteiger partial charge is 0.339 e. The number of aromatic carboxylic acids is 1. The number of methoxy groups -OCH3 is 1. The number of carbonyl (C=O) groups is 2. The zero-order valence-electron chi connectivity index (χ0n) is 18.8. The summed E-state index contributed by atoms with van der Waals surface area (Å²) in [4.78, 5) is 26.1. The number of aromatic hydroxyl groups is 1. The van der Waals surface area contributed by atoms with Crippen molar-refractivity contribution in [2.45, 2.75) is 44.1 Å². The summed E-state index contributed by atoms with van der Waals surface area (Å²) in [5.74, 6) is -0.423. The number of amides is 1. The van der Waals surface area contributed by atoms with Crippen LogP contribution in [0.4, 0.5) is 0 Å². The van der Waals surface area contributed by atoms with Crippen LogP contribution in [0.15, 0.2) is 36.4 Å². The van der Waals surface area contributed by atoms with Crippen LogP contribution in [-0.2, 0) is 9.53 Å². The highest BCUT2D eigenvalue weighted by Crippen LogP contribution is 2.65. The molecule has 33 heavy (non-hydrogen) atoms. The van der Waals surface area contributed by atoms with Gasteiger partial charge in [-0.25, -0.2) is 4.79 Å². The first-order chi connectivity index (χ1) is 15.9. The van der Waals surface area contributed by atoms with Crippen molar-refractivity contribution in [1.29, 1.82) is 0 Å². The summed E-state index contributed by atoms with van der Waals surface area (Å²) in [6.45, 7) is 2.30. The van der Waals surface area contributed by atoms with Crippen molar-refractivity contribution in [3.8, 4) is 22.6 Å². The number of carboxylic acid groups (broad SMARTS) is 1. The van der Waals surface area contributed by atoms with Crippen molar-refractivity contribution in [2.24, 2.45) is 5.41 Å². The Bertz CT molecular complexity index is 1060. The third-order valence-corrected chi connectivity index (χ3v) is 7.64. The van der Waals surface area contributed by atoms with Crippen LogP contribution in [0, 0.1) is 5.41 Å². The molecule has 2 N–H and O–H groups in total. The first-order valence-electron chi connectivity index (χ1n) is 11.6.